The van der Waals surface area contributed by atoms with Gasteiger partial charge in [-0.15, -0.1) is 0 Å². The average molecular weight is 1000 g/mol. The minimum absolute atomic E-state index is 0.881. The standard InChI is InChI=1S/C38H65NO29/c1-8-16(45)21(50)26(55)35(58-8)67-31-23(52)18(47)11(4-40)62-37(31)65-29-15(39-10(3)44)34(61-12(5-41)19(29)48)66-30-20(49)13(6-42)63-38(64-28-14(7-43)60-33(57)25(54)24(28)53)32(30)68-36-27(56)22(51)17(46)9(2)59-36/h8-9,11-38,40-43,45-57H,4-7H2,1-3H3,(H,39,44)/t8-,9-,11+,12+,13+,14+,15+,16+,17+,18-,19+,20-,21+,22+,23-,24+,25+,26-,27-,28+,29+,30-,31+,32+,33-,34-,35-,36-,37-,38-/m0/s1. The molecule has 0 saturated carbocycles. The van der Waals surface area contributed by atoms with Gasteiger partial charge in [-0.05, 0) is 13.8 Å². The SMILES string of the molecule is CC(=O)N[C@H]1[C@H](O[C@H]2[C@@H](O)[C@@H](CO)O[C@@H](O[C@H]3[C@H](O)[C@@H](O)[C@@H](O)O[C@@H]3CO)[C@@H]2O[C@@H]2O[C@@H](C)[C@@H](O)[C@@H](O)[C@@H]2O)O[C@H](CO)[C@@H](O)[C@@H]1O[C@@H]1O[C@H](CO)[C@H](O)[C@H](O)[C@H]1O[C@@H]1O[C@@H](C)[C@@H](O)[C@@H](O)[C@@H]1O. The van der Waals surface area contributed by atoms with Gasteiger partial charge in [0, 0.05) is 6.92 Å². The van der Waals surface area contributed by atoms with Crippen LogP contribution in [0.2, 0.25) is 0 Å². The molecule has 30 nitrogen and oxygen atoms in total. The quantitative estimate of drug-likeness (QED) is 0.0724. The molecule has 6 fully saturated rings. The number of hydrogen-bond donors (Lipinski definition) is 18. The molecule has 0 spiro atoms. The molecule has 6 aliphatic rings. The van der Waals surface area contributed by atoms with E-state index in [1.165, 1.54) is 13.8 Å². The minimum atomic E-state index is -2.08. The fourth-order valence-electron chi connectivity index (χ4n) is 8.76. The van der Waals surface area contributed by atoms with Crippen molar-refractivity contribution in [3.63, 3.8) is 0 Å². The molecule has 0 aromatic carbocycles. The zero-order valence-corrected chi connectivity index (χ0v) is 36.7. The third-order valence-corrected chi connectivity index (χ3v) is 12.8. The second-order valence-corrected chi connectivity index (χ2v) is 17.5. The third kappa shape index (κ3) is 11.4. The summed E-state index contributed by atoms with van der Waals surface area (Å²) in [5, 5.41) is 184. The highest BCUT2D eigenvalue weighted by Crippen LogP contribution is 2.38. The molecule has 6 aliphatic heterocycles. The van der Waals surface area contributed by atoms with Crippen molar-refractivity contribution < 1.29 is 144 Å². The highest BCUT2D eigenvalue weighted by atomic mass is 16.8. The van der Waals surface area contributed by atoms with Crippen molar-refractivity contribution in [2.24, 2.45) is 0 Å². The molecule has 30 heteroatoms. The first kappa shape index (κ1) is 55.7. The Balaban J connectivity index is 1.38. The van der Waals surface area contributed by atoms with Gasteiger partial charge in [0.2, 0.25) is 5.91 Å². The maximum absolute atomic E-state index is 12.9. The summed E-state index contributed by atoms with van der Waals surface area (Å²) in [6.07, 6.45) is -54.2. The number of nitrogens with one attached hydrogen (secondary N) is 1. The van der Waals surface area contributed by atoms with Gasteiger partial charge in [0.15, 0.2) is 37.7 Å². The number of aliphatic hydroxyl groups is 17. The zero-order chi connectivity index (χ0) is 50.2. The Morgan fingerprint density at radius 1 is 0.382 bits per heavy atom. The van der Waals surface area contributed by atoms with E-state index >= 15 is 0 Å². The Morgan fingerprint density at radius 2 is 0.779 bits per heavy atom. The second kappa shape index (κ2) is 23.5. The smallest absolute Gasteiger partial charge is 0.217 e. The lowest BCUT2D eigenvalue weighted by Gasteiger charge is -2.52. The molecule has 0 radical (unpaired) electrons. The van der Waals surface area contributed by atoms with Crippen molar-refractivity contribution in [2.45, 2.75) is 205 Å². The van der Waals surface area contributed by atoms with E-state index in [1.807, 2.05) is 0 Å². The van der Waals surface area contributed by atoms with Crippen LogP contribution in [0.15, 0.2) is 0 Å². The van der Waals surface area contributed by atoms with E-state index in [0.29, 0.717) is 0 Å². The van der Waals surface area contributed by atoms with E-state index in [1.54, 1.807) is 0 Å². The molecule has 6 heterocycles. The zero-order valence-electron chi connectivity index (χ0n) is 36.7. The Kier molecular flexibility index (Phi) is 19.2. The van der Waals surface area contributed by atoms with Crippen LogP contribution in [0.4, 0.5) is 0 Å². The number of rotatable bonds is 15. The number of carbonyl (C=O) groups is 1. The van der Waals surface area contributed by atoms with Crippen molar-refractivity contribution in [1.29, 1.82) is 0 Å². The normalized spacial score (nSPS) is 52.6. The molecular weight excluding hydrogens is 934 g/mol. The maximum atomic E-state index is 12.9. The first-order valence-electron chi connectivity index (χ1n) is 21.8. The number of aliphatic hydroxyl groups excluding tert-OH is 17. The summed E-state index contributed by atoms with van der Waals surface area (Å²) in [5.41, 5.74) is 0. The Labute approximate surface area is 386 Å². The number of hydrogen-bond acceptors (Lipinski definition) is 29. The fourth-order valence-corrected chi connectivity index (χ4v) is 8.76. The summed E-state index contributed by atoms with van der Waals surface area (Å²) in [7, 11) is 0. The minimum Gasteiger partial charge on any atom is -0.394 e. The van der Waals surface area contributed by atoms with Gasteiger partial charge in [-0.2, -0.15) is 0 Å². The van der Waals surface area contributed by atoms with Gasteiger partial charge in [-0.3, -0.25) is 4.79 Å². The van der Waals surface area contributed by atoms with Crippen LogP contribution in [0.3, 0.4) is 0 Å². The molecule has 30 atom stereocenters. The van der Waals surface area contributed by atoms with Crippen LogP contribution in [-0.4, -0.2) is 303 Å². The summed E-state index contributed by atoms with van der Waals surface area (Å²) in [6, 6.07) is -1.83. The first-order valence-corrected chi connectivity index (χ1v) is 21.8. The summed E-state index contributed by atoms with van der Waals surface area (Å²) in [5.74, 6) is -0.881. The van der Waals surface area contributed by atoms with Crippen LogP contribution < -0.4 is 5.32 Å². The summed E-state index contributed by atoms with van der Waals surface area (Å²) in [6.45, 7) is -0.384. The molecule has 68 heavy (non-hydrogen) atoms. The van der Waals surface area contributed by atoms with Crippen molar-refractivity contribution in [3.8, 4) is 0 Å². The van der Waals surface area contributed by atoms with Crippen LogP contribution in [0.1, 0.15) is 20.8 Å². The molecule has 1 amide bonds. The van der Waals surface area contributed by atoms with Gasteiger partial charge in [0.05, 0.1) is 38.6 Å². The largest absolute Gasteiger partial charge is 0.394 e. The van der Waals surface area contributed by atoms with Crippen LogP contribution in [-0.2, 0) is 56.9 Å². The van der Waals surface area contributed by atoms with Gasteiger partial charge >= 0.3 is 0 Å². The van der Waals surface area contributed by atoms with E-state index < -0.39 is 217 Å². The lowest BCUT2D eigenvalue weighted by molar-refractivity contribution is -0.405. The van der Waals surface area contributed by atoms with Crippen molar-refractivity contribution in [3.05, 3.63) is 0 Å². The maximum Gasteiger partial charge on any atom is 0.217 e. The highest BCUT2D eigenvalue weighted by molar-refractivity contribution is 5.73. The molecule has 18 N–H and O–H groups in total. The predicted molar refractivity (Wildman–Crippen MR) is 208 cm³/mol. The van der Waals surface area contributed by atoms with Crippen molar-refractivity contribution in [2.75, 3.05) is 26.4 Å². The van der Waals surface area contributed by atoms with E-state index in [2.05, 4.69) is 5.32 Å². The fraction of sp³-hybridized carbons (Fsp3) is 0.974. The van der Waals surface area contributed by atoms with Gasteiger partial charge in [0.25, 0.3) is 0 Å². The topological polar surface area (TPSA) is 475 Å². The molecule has 6 saturated heterocycles. The van der Waals surface area contributed by atoms with Crippen molar-refractivity contribution in [1.82, 2.24) is 5.32 Å². The van der Waals surface area contributed by atoms with Crippen LogP contribution in [0.5, 0.6) is 0 Å². The van der Waals surface area contributed by atoms with Crippen LogP contribution >= 0.6 is 0 Å². The number of ether oxygens (including phenoxy) is 11. The number of carbonyl (C=O) groups excluding carboxylic acids is 1. The van der Waals surface area contributed by atoms with Gasteiger partial charge in [0.1, 0.15) is 134 Å². The molecule has 0 unspecified atom stereocenters. The first-order chi connectivity index (χ1) is 32.1. The second-order valence-electron chi connectivity index (χ2n) is 17.5. The summed E-state index contributed by atoms with van der Waals surface area (Å²) >= 11 is 0. The Bertz CT molecular complexity index is 1590. The lowest BCUT2D eigenvalue weighted by Crippen LogP contribution is -2.71. The van der Waals surface area contributed by atoms with Gasteiger partial charge in [-0.25, -0.2) is 0 Å². The van der Waals surface area contributed by atoms with E-state index in [0.717, 1.165) is 6.92 Å². The Hall–Kier alpha value is -1.65. The molecule has 0 aliphatic carbocycles. The average Bonchev–Trinajstić information content (AvgIpc) is 3.31. The van der Waals surface area contributed by atoms with E-state index in [9.17, 15) is 91.6 Å². The molecule has 0 aromatic rings. The molecule has 0 bridgehead atoms. The third-order valence-electron chi connectivity index (χ3n) is 12.8. The summed E-state index contributed by atoms with van der Waals surface area (Å²) in [4.78, 5) is 12.9. The predicted octanol–water partition coefficient (Wildman–Crippen LogP) is -11.9. The molecule has 0 aromatic heterocycles. The monoisotopic (exact) mass is 999 g/mol. The lowest BCUT2D eigenvalue weighted by atomic mass is 9.94. The van der Waals surface area contributed by atoms with E-state index in [4.69, 9.17) is 52.1 Å². The Morgan fingerprint density at radius 3 is 1.28 bits per heavy atom. The summed E-state index contributed by atoms with van der Waals surface area (Å²) < 4.78 is 64.0. The molecular formula is C38H65NO29. The molecule has 6 rings (SSSR count). The van der Waals surface area contributed by atoms with Gasteiger partial charge in [-0.1, -0.05) is 0 Å². The van der Waals surface area contributed by atoms with Crippen LogP contribution in [0, 0.1) is 0 Å². The van der Waals surface area contributed by atoms with Crippen LogP contribution in [0.25, 0.3) is 0 Å². The van der Waals surface area contributed by atoms with E-state index in [-0.39, 0.29) is 0 Å². The molecule has 396 valence electrons. The van der Waals surface area contributed by atoms with Crippen molar-refractivity contribution >= 4 is 5.91 Å². The highest BCUT2D eigenvalue weighted by Gasteiger charge is 2.59. The van der Waals surface area contributed by atoms with Gasteiger partial charge < -0.3 is 144 Å². The number of amides is 1.